The molecule has 1 heterocycles. The SMILES string of the molecule is CC(=O)c1ccc(C)s1.C[N+](=O)[O-]. The molecule has 5 heteroatoms. The Hall–Kier alpha value is -1.23. The van der Waals surface area contributed by atoms with Crippen molar-refractivity contribution in [3.8, 4) is 0 Å². The zero-order chi connectivity index (χ0) is 10.4. The van der Waals surface area contributed by atoms with Gasteiger partial charge < -0.3 is 0 Å². The van der Waals surface area contributed by atoms with Gasteiger partial charge in [0.15, 0.2) is 12.8 Å². The van der Waals surface area contributed by atoms with Gasteiger partial charge in [-0.25, -0.2) is 0 Å². The van der Waals surface area contributed by atoms with Gasteiger partial charge in [-0.3, -0.25) is 14.9 Å². The van der Waals surface area contributed by atoms with Gasteiger partial charge in [0.1, 0.15) is 0 Å². The molecule has 1 aromatic rings. The number of thiophene rings is 1. The number of nitro groups is 1. The van der Waals surface area contributed by atoms with Gasteiger partial charge in [0.25, 0.3) is 0 Å². The molecule has 1 aromatic heterocycles. The first-order valence-electron chi connectivity index (χ1n) is 3.59. The summed E-state index contributed by atoms with van der Waals surface area (Å²) in [6, 6.07) is 3.82. The van der Waals surface area contributed by atoms with E-state index in [-0.39, 0.29) is 5.78 Å². The molecule has 0 aliphatic carbocycles. The van der Waals surface area contributed by atoms with Crippen molar-refractivity contribution in [2.24, 2.45) is 0 Å². The smallest absolute Gasteiger partial charge is 0.194 e. The minimum atomic E-state index is -0.500. The maximum absolute atomic E-state index is 10.7. The maximum Gasteiger partial charge on any atom is 0.194 e. The van der Waals surface area contributed by atoms with Crippen molar-refractivity contribution in [1.82, 2.24) is 0 Å². The van der Waals surface area contributed by atoms with Crippen LogP contribution in [0.1, 0.15) is 21.5 Å². The van der Waals surface area contributed by atoms with E-state index in [0.717, 1.165) is 11.9 Å². The quantitative estimate of drug-likeness (QED) is 0.397. The lowest BCUT2D eigenvalue weighted by atomic mass is 10.3. The number of hydrogen-bond acceptors (Lipinski definition) is 4. The molecular formula is C8H11NO3S. The summed E-state index contributed by atoms with van der Waals surface area (Å²) in [5.41, 5.74) is 0. The van der Waals surface area contributed by atoms with Crippen molar-refractivity contribution in [1.29, 1.82) is 0 Å². The predicted octanol–water partition coefficient (Wildman–Crippen LogP) is 2.15. The summed E-state index contributed by atoms with van der Waals surface area (Å²) in [7, 11) is 0.889. The van der Waals surface area contributed by atoms with Gasteiger partial charge in [0, 0.05) is 9.80 Å². The van der Waals surface area contributed by atoms with Crippen molar-refractivity contribution < 1.29 is 9.72 Å². The van der Waals surface area contributed by atoms with Crippen LogP contribution in [-0.4, -0.2) is 17.8 Å². The van der Waals surface area contributed by atoms with Gasteiger partial charge in [0.2, 0.25) is 0 Å². The molecule has 0 saturated heterocycles. The molecule has 0 aliphatic rings. The fraction of sp³-hybridized carbons (Fsp3) is 0.375. The molecule has 0 atom stereocenters. The second kappa shape index (κ2) is 5.42. The van der Waals surface area contributed by atoms with E-state index in [1.54, 1.807) is 18.3 Å². The zero-order valence-electron chi connectivity index (χ0n) is 7.73. The summed E-state index contributed by atoms with van der Waals surface area (Å²) in [4.78, 5) is 21.0. The lowest BCUT2D eigenvalue weighted by Gasteiger charge is -1.81. The highest BCUT2D eigenvalue weighted by Crippen LogP contribution is 2.14. The lowest BCUT2D eigenvalue weighted by Crippen LogP contribution is -1.83. The fourth-order valence-electron chi connectivity index (χ4n) is 0.624. The van der Waals surface area contributed by atoms with E-state index in [1.165, 1.54) is 4.88 Å². The van der Waals surface area contributed by atoms with Crippen molar-refractivity contribution in [3.05, 3.63) is 32.0 Å². The summed E-state index contributed by atoms with van der Waals surface area (Å²) in [6.07, 6.45) is 0. The van der Waals surface area contributed by atoms with E-state index in [1.807, 2.05) is 19.1 Å². The van der Waals surface area contributed by atoms with Crippen LogP contribution in [0.25, 0.3) is 0 Å². The van der Waals surface area contributed by atoms with Gasteiger partial charge in [-0.15, -0.1) is 11.3 Å². The van der Waals surface area contributed by atoms with E-state index in [4.69, 9.17) is 10.1 Å². The number of carbonyl (C=O) groups excluding carboxylic acids is 1. The van der Waals surface area contributed by atoms with Crippen LogP contribution < -0.4 is 0 Å². The van der Waals surface area contributed by atoms with Gasteiger partial charge in [-0.2, -0.15) is 0 Å². The van der Waals surface area contributed by atoms with E-state index in [2.05, 4.69) is 0 Å². The second-order valence-electron chi connectivity index (χ2n) is 2.41. The van der Waals surface area contributed by atoms with Gasteiger partial charge in [-0.1, -0.05) is 0 Å². The van der Waals surface area contributed by atoms with Crippen LogP contribution in [-0.2, 0) is 0 Å². The van der Waals surface area contributed by atoms with Gasteiger partial charge in [0.05, 0.1) is 4.88 Å². The number of carbonyl (C=O) groups is 1. The third-order valence-corrected chi connectivity index (χ3v) is 2.19. The minimum absolute atomic E-state index is 0.160. The highest BCUT2D eigenvalue weighted by molar-refractivity contribution is 7.13. The number of aryl methyl sites for hydroxylation is 1. The van der Waals surface area contributed by atoms with Gasteiger partial charge in [-0.05, 0) is 26.0 Å². The standard InChI is InChI=1S/C7H8OS.CH3NO2/c1-5-3-4-7(9-5)6(2)8;1-2(3)4/h3-4H,1-2H3;1H3. The molecule has 1 rings (SSSR count). The third kappa shape index (κ3) is 5.98. The number of nitrogens with zero attached hydrogens (tertiary/aromatic N) is 1. The van der Waals surface area contributed by atoms with Crippen LogP contribution in [0.15, 0.2) is 12.1 Å². The van der Waals surface area contributed by atoms with Crippen LogP contribution in [0.3, 0.4) is 0 Å². The van der Waals surface area contributed by atoms with Crippen molar-refractivity contribution in [2.45, 2.75) is 13.8 Å². The highest BCUT2D eigenvalue weighted by atomic mass is 32.1. The Morgan fingerprint density at radius 1 is 1.54 bits per heavy atom. The van der Waals surface area contributed by atoms with Crippen LogP contribution in [0.4, 0.5) is 0 Å². The van der Waals surface area contributed by atoms with Crippen LogP contribution in [0, 0.1) is 17.0 Å². The van der Waals surface area contributed by atoms with E-state index in [9.17, 15) is 4.79 Å². The molecule has 0 fully saturated rings. The Morgan fingerprint density at radius 3 is 2.15 bits per heavy atom. The van der Waals surface area contributed by atoms with Crippen LogP contribution >= 0.6 is 11.3 Å². The molecule has 0 aromatic carbocycles. The Bertz CT molecular complexity index is 302. The molecule has 0 amide bonds. The molecule has 4 nitrogen and oxygen atoms in total. The normalized spacial score (nSPS) is 8.54. The lowest BCUT2D eigenvalue weighted by molar-refractivity contribution is -0.445. The fourth-order valence-corrected chi connectivity index (χ4v) is 1.39. The van der Waals surface area contributed by atoms with Crippen LogP contribution in [0.5, 0.6) is 0 Å². The molecular weight excluding hydrogens is 190 g/mol. The molecule has 13 heavy (non-hydrogen) atoms. The average Bonchev–Trinajstić information content (AvgIpc) is 2.34. The summed E-state index contributed by atoms with van der Waals surface area (Å²) in [5, 5.41) is 8.81. The number of Topliss-reactive ketones (excluding diaryl/α,β-unsaturated/α-hetero) is 1. The molecule has 0 bridgehead atoms. The molecule has 0 aliphatic heterocycles. The average molecular weight is 201 g/mol. The van der Waals surface area contributed by atoms with Crippen molar-refractivity contribution in [3.63, 3.8) is 0 Å². The second-order valence-corrected chi connectivity index (χ2v) is 3.69. The number of hydrogen-bond donors (Lipinski definition) is 0. The summed E-state index contributed by atoms with van der Waals surface area (Å²) < 4.78 is 0. The third-order valence-electron chi connectivity index (χ3n) is 1.09. The Morgan fingerprint density at radius 2 is 2.00 bits per heavy atom. The Balaban J connectivity index is 0.000000310. The summed E-state index contributed by atoms with van der Waals surface area (Å²) in [6.45, 7) is 3.59. The molecule has 72 valence electrons. The largest absolute Gasteiger partial charge is 0.294 e. The Kier molecular flexibility index (Phi) is 4.91. The first-order chi connectivity index (χ1) is 5.93. The summed E-state index contributed by atoms with van der Waals surface area (Å²) in [5.74, 6) is 0.160. The minimum Gasteiger partial charge on any atom is -0.294 e. The van der Waals surface area contributed by atoms with Crippen molar-refractivity contribution >= 4 is 17.1 Å². The van der Waals surface area contributed by atoms with Crippen LogP contribution in [0.2, 0.25) is 0 Å². The predicted molar refractivity (Wildman–Crippen MR) is 52.0 cm³/mol. The van der Waals surface area contributed by atoms with E-state index in [0.29, 0.717) is 0 Å². The Labute approximate surface area is 80.4 Å². The van der Waals surface area contributed by atoms with Crippen molar-refractivity contribution in [2.75, 3.05) is 7.05 Å². The molecule has 0 saturated carbocycles. The monoisotopic (exact) mass is 201 g/mol. The maximum atomic E-state index is 10.7. The van der Waals surface area contributed by atoms with E-state index < -0.39 is 4.92 Å². The first kappa shape index (κ1) is 11.8. The summed E-state index contributed by atoms with van der Waals surface area (Å²) >= 11 is 1.55. The number of ketones is 1. The highest BCUT2D eigenvalue weighted by Gasteiger charge is 1.99. The molecule has 0 unspecified atom stereocenters. The number of rotatable bonds is 1. The van der Waals surface area contributed by atoms with E-state index >= 15 is 0 Å². The molecule has 0 spiro atoms. The van der Waals surface area contributed by atoms with Gasteiger partial charge >= 0.3 is 0 Å². The molecule has 0 radical (unpaired) electrons. The molecule has 0 N–H and O–H groups in total. The topological polar surface area (TPSA) is 60.2 Å². The zero-order valence-corrected chi connectivity index (χ0v) is 8.55. The first-order valence-corrected chi connectivity index (χ1v) is 4.40.